The molecule has 30 heavy (non-hydrogen) atoms. The van der Waals surface area contributed by atoms with E-state index in [-0.39, 0.29) is 60.2 Å². The Morgan fingerprint density at radius 3 is 1.40 bits per heavy atom. The lowest BCUT2D eigenvalue weighted by atomic mass is 9.96. The Hall–Kier alpha value is -3.42. The van der Waals surface area contributed by atoms with Gasteiger partial charge in [0.2, 0.25) is 0 Å². The standard InChI is InChI=1S/C22H26O8/c1-5-29-19(23)11-13-7-15(21(25)17(9-13)27-3)16-8-14(12-20(24)30-6-2)10-18(28-4)22(16)26/h7-10,25-26H,5-6,11-12H2,1-4H3. The number of benzene rings is 2. The number of phenolic OH excluding ortho intramolecular Hbond substituents is 2. The van der Waals surface area contributed by atoms with Gasteiger partial charge < -0.3 is 29.2 Å². The maximum atomic E-state index is 11.9. The molecule has 2 aromatic carbocycles. The summed E-state index contributed by atoms with van der Waals surface area (Å²) in [7, 11) is 2.76. The second-order valence-electron chi connectivity index (χ2n) is 6.35. The first-order valence-corrected chi connectivity index (χ1v) is 9.45. The van der Waals surface area contributed by atoms with Gasteiger partial charge in [-0.05, 0) is 49.2 Å². The zero-order valence-corrected chi connectivity index (χ0v) is 17.5. The predicted octanol–water partition coefficient (Wildman–Crippen LogP) is 2.99. The molecule has 0 aliphatic heterocycles. The monoisotopic (exact) mass is 418 g/mol. The molecule has 0 aliphatic carbocycles. The first kappa shape index (κ1) is 22.9. The number of carbonyl (C=O) groups excluding carboxylic acids is 2. The maximum absolute atomic E-state index is 11.9. The quantitative estimate of drug-likeness (QED) is 0.598. The van der Waals surface area contributed by atoms with Crippen molar-refractivity contribution in [3.05, 3.63) is 35.4 Å². The van der Waals surface area contributed by atoms with Crippen LogP contribution >= 0.6 is 0 Å². The molecular weight excluding hydrogens is 392 g/mol. The molecule has 0 saturated carbocycles. The molecule has 0 heterocycles. The molecule has 0 aliphatic rings. The van der Waals surface area contributed by atoms with Gasteiger partial charge in [0.1, 0.15) is 0 Å². The van der Waals surface area contributed by atoms with Gasteiger partial charge in [-0.2, -0.15) is 0 Å². The number of hydrogen-bond donors (Lipinski definition) is 2. The molecule has 2 rings (SSSR count). The van der Waals surface area contributed by atoms with Crippen LogP contribution in [0.15, 0.2) is 24.3 Å². The van der Waals surface area contributed by atoms with E-state index < -0.39 is 11.9 Å². The Kier molecular flexibility index (Phi) is 7.91. The lowest BCUT2D eigenvalue weighted by molar-refractivity contribution is -0.143. The van der Waals surface area contributed by atoms with Crippen molar-refractivity contribution in [2.75, 3.05) is 27.4 Å². The molecule has 8 heteroatoms. The fourth-order valence-corrected chi connectivity index (χ4v) is 3.01. The van der Waals surface area contributed by atoms with E-state index in [9.17, 15) is 19.8 Å². The fourth-order valence-electron chi connectivity index (χ4n) is 3.01. The molecular formula is C22H26O8. The minimum atomic E-state index is -0.436. The van der Waals surface area contributed by atoms with Crippen LogP contribution in [0.5, 0.6) is 23.0 Å². The van der Waals surface area contributed by atoms with Crippen LogP contribution in [0.3, 0.4) is 0 Å². The van der Waals surface area contributed by atoms with Crippen LogP contribution in [-0.4, -0.2) is 49.6 Å². The molecule has 0 radical (unpaired) electrons. The van der Waals surface area contributed by atoms with E-state index in [1.165, 1.54) is 26.4 Å². The summed E-state index contributed by atoms with van der Waals surface area (Å²) in [6.45, 7) is 3.91. The molecule has 2 N–H and O–H groups in total. The van der Waals surface area contributed by atoms with E-state index in [0.717, 1.165) is 0 Å². The van der Waals surface area contributed by atoms with Crippen molar-refractivity contribution in [2.45, 2.75) is 26.7 Å². The first-order valence-electron chi connectivity index (χ1n) is 9.45. The van der Waals surface area contributed by atoms with Crippen LogP contribution in [-0.2, 0) is 31.9 Å². The van der Waals surface area contributed by atoms with E-state index in [1.807, 2.05) is 0 Å². The third kappa shape index (κ3) is 5.34. The van der Waals surface area contributed by atoms with E-state index >= 15 is 0 Å². The molecule has 0 fully saturated rings. The number of methoxy groups -OCH3 is 2. The van der Waals surface area contributed by atoms with Crippen molar-refractivity contribution >= 4 is 11.9 Å². The van der Waals surface area contributed by atoms with Crippen LogP contribution in [0.4, 0.5) is 0 Å². The van der Waals surface area contributed by atoms with E-state index in [4.69, 9.17) is 18.9 Å². The normalized spacial score (nSPS) is 10.4. The Labute approximate surface area is 175 Å². The summed E-state index contributed by atoms with van der Waals surface area (Å²) in [6.07, 6.45) is -0.0875. The molecule has 0 spiro atoms. The minimum Gasteiger partial charge on any atom is -0.504 e. The zero-order chi connectivity index (χ0) is 22.3. The number of carbonyl (C=O) groups is 2. The van der Waals surface area contributed by atoms with Gasteiger partial charge in [-0.15, -0.1) is 0 Å². The van der Waals surface area contributed by atoms with Crippen molar-refractivity contribution in [1.29, 1.82) is 0 Å². The Bertz CT molecular complexity index is 844. The van der Waals surface area contributed by atoms with Gasteiger partial charge in [-0.1, -0.05) is 0 Å². The van der Waals surface area contributed by atoms with E-state index in [1.54, 1.807) is 26.0 Å². The third-order valence-corrected chi connectivity index (χ3v) is 4.31. The van der Waals surface area contributed by atoms with Crippen molar-refractivity contribution < 1.29 is 38.7 Å². The van der Waals surface area contributed by atoms with Gasteiger partial charge in [0, 0.05) is 11.1 Å². The lowest BCUT2D eigenvalue weighted by Crippen LogP contribution is -2.08. The number of phenols is 2. The molecule has 0 aromatic heterocycles. The van der Waals surface area contributed by atoms with Gasteiger partial charge in [-0.25, -0.2) is 0 Å². The van der Waals surface area contributed by atoms with Crippen LogP contribution in [0, 0.1) is 0 Å². The molecule has 0 saturated heterocycles. The van der Waals surface area contributed by atoms with Gasteiger partial charge in [-0.3, -0.25) is 9.59 Å². The lowest BCUT2D eigenvalue weighted by Gasteiger charge is -2.16. The molecule has 0 unspecified atom stereocenters. The zero-order valence-electron chi connectivity index (χ0n) is 17.5. The number of esters is 2. The summed E-state index contributed by atoms with van der Waals surface area (Å²) in [6, 6.07) is 6.15. The molecule has 0 atom stereocenters. The second-order valence-corrected chi connectivity index (χ2v) is 6.35. The highest BCUT2D eigenvalue weighted by atomic mass is 16.5. The summed E-state index contributed by atoms with van der Waals surface area (Å²) in [5, 5.41) is 21.3. The SMILES string of the molecule is CCOC(=O)Cc1cc(OC)c(O)c(-c2cc(CC(=O)OCC)cc(OC)c2O)c1. The van der Waals surface area contributed by atoms with E-state index in [2.05, 4.69) is 0 Å². The van der Waals surface area contributed by atoms with Crippen molar-refractivity contribution in [3.8, 4) is 34.1 Å². The number of hydrogen-bond acceptors (Lipinski definition) is 8. The first-order chi connectivity index (χ1) is 14.3. The molecule has 162 valence electrons. The number of aromatic hydroxyl groups is 2. The highest BCUT2D eigenvalue weighted by Crippen LogP contribution is 2.45. The Balaban J connectivity index is 2.60. The Morgan fingerprint density at radius 2 is 1.10 bits per heavy atom. The predicted molar refractivity (Wildman–Crippen MR) is 109 cm³/mol. The molecule has 0 amide bonds. The highest BCUT2D eigenvalue weighted by molar-refractivity contribution is 5.83. The molecule has 8 nitrogen and oxygen atoms in total. The average molecular weight is 418 g/mol. The number of ether oxygens (including phenoxy) is 4. The highest BCUT2D eigenvalue weighted by Gasteiger charge is 2.21. The smallest absolute Gasteiger partial charge is 0.310 e. The van der Waals surface area contributed by atoms with Crippen LogP contribution in [0.1, 0.15) is 25.0 Å². The van der Waals surface area contributed by atoms with Crippen molar-refractivity contribution in [3.63, 3.8) is 0 Å². The summed E-state index contributed by atoms with van der Waals surface area (Å²) >= 11 is 0. The summed E-state index contributed by atoms with van der Waals surface area (Å²) in [4.78, 5) is 23.8. The minimum absolute atomic E-state index is 0.0438. The van der Waals surface area contributed by atoms with Gasteiger partial charge in [0.25, 0.3) is 0 Å². The third-order valence-electron chi connectivity index (χ3n) is 4.31. The fraction of sp³-hybridized carbons (Fsp3) is 0.364. The van der Waals surface area contributed by atoms with E-state index in [0.29, 0.717) is 11.1 Å². The molecule has 2 aromatic rings. The van der Waals surface area contributed by atoms with Gasteiger partial charge in [0.15, 0.2) is 23.0 Å². The summed E-state index contributed by atoms with van der Waals surface area (Å²) in [5.41, 5.74) is 1.48. The average Bonchev–Trinajstić information content (AvgIpc) is 2.70. The van der Waals surface area contributed by atoms with Crippen LogP contribution in [0.2, 0.25) is 0 Å². The number of rotatable bonds is 9. The summed E-state index contributed by atoms with van der Waals surface area (Å²) in [5.74, 6) is -1.07. The van der Waals surface area contributed by atoms with Gasteiger partial charge >= 0.3 is 11.9 Å². The second kappa shape index (κ2) is 10.4. The topological polar surface area (TPSA) is 112 Å². The van der Waals surface area contributed by atoms with Crippen LogP contribution < -0.4 is 9.47 Å². The van der Waals surface area contributed by atoms with Gasteiger partial charge in [0.05, 0.1) is 40.3 Å². The Morgan fingerprint density at radius 1 is 0.733 bits per heavy atom. The van der Waals surface area contributed by atoms with Crippen molar-refractivity contribution in [2.24, 2.45) is 0 Å². The maximum Gasteiger partial charge on any atom is 0.310 e. The largest absolute Gasteiger partial charge is 0.504 e. The van der Waals surface area contributed by atoms with Crippen LogP contribution in [0.25, 0.3) is 11.1 Å². The summed E-state index contributed by atoms with van der Waals surface area (Å²) < 4.78 is 20.4. The van der Waals surface area contributed by atoms with Crippen molar-refractivity contribution in [1.82, 2.24) is 0 Å². The molecule has 0 bridgehead atoms.